The van der Waals surface area contributed by atoms with Crippen LogP contribution in [0.2, 0.25) is 0 Å². The molecule has 0 atom stereocenters. The third-order valence-electron chi connectivity index (χ3n) is 3.80. The van der Waals surface area contributed by atoms with Crippen molar-refractivity contribution < 1.29 is 5.11 Å². The van der Waals surface area contributed by atoms with E-state index in [0.717, 1.165) is 56.8 Å². The molecule has 1 saturated heterocycles. The zero-order valence-corrected chi connectivity index (χ0v) is 11.9. The van der Waals surface area contributed by atoms with Gasteiger partial charge in [0.25, 0.3) is 0 Å². The van der Waals surface area contributed by atoms with Crippen molar-refractivity contribution in [3.8, 4) is 0 Å². The monoisotopic (exact) mass is 276 g/mol. The SMILES string of the molecule is N=C(N)c1ccccc1CN1CCCN(CCO)CC1. The van der Waals surface area contributed by atoms with E-state index in [9.17, 15) is 0 Å². The van der Waals surface area contributed by atoms with Crippen LogP contribution in [0, 0.1) is 5.41 Å². The number of hydrogen-bond acceptors (Lipinski definition) is 4. The van der Waals surface area contributed by atoms with Crippen molar-refractivity contribution in [3.05, 3.63) is 35.4 Å². The molecule has 20 heavy (non-hydrogen) atoms. The summed E-state index contributed by atoms with van der Waals surface area (Å²) < 4.78 is 0. The zero-order chi connectivity index (χ0) is 14.4. The van der Waals surface area contributed by atoms with E-state index >= 15 is 0 Å². The van der Waals surface area contributed by atoms with Crippen LogP contribution in [0.25, 0.3) is 0 Å². The third-order valence-corrected chi connectivity index (χ3v) is 3.80. The number of rotatable bonds is 5. The molecular formula is C15H24N4O. The van der Waals surface area contributed by atoms with Crippen LogP contribution in [0.4, 0.5) is 0 Å². The maximum Gasteiger partial charge on any atom is 0.123 e. The van der Waals surface area contributed by atoms with Crippen LogP contribution in [0.1, 0.15) is 17.5 Å². The normalized spacial score (nSPS) is 17.9. The van der Waals surface area contributed by atoms with Gasteiger partial charge in [0, 0.05) is 31.7 Å². The number of aliphatic hydroxyl groups excluding tert-OH is 1. The fourth-order valence-electron chi connectivity index (χ4n) is 2.71. The molecule has 1 fully saturated rings. The molecule has 0 aliphatic carbocycles. The number of nitrogens with zero attached hydrogens (tertiary/aromatic N) is 2. The minimum Gasteiger partial charge on any atom is -0.395 e. The lowest BCUT2D eigenvalue weighted by Crippen LogP contribution is -2.32. The van der Waals surface area contributed by atoms with Crippen LogP contribution >= 0.6 is 0 Å². The molecule has 2 rings (SSSR count). The fourth-order valence-corrected chi connectivity index (χ4v) is 2.71. The highest BCUT2D eigenvalue weighted by molar-refractivity contribution is 5.96. The first-order valence-corrected chi connectivity index (χ1v) is 7.18. The fraction of sp³-hybridized carbons (Fsp3) is 0.533. The smallest absolute Gasteiger partial charge is 0.123 e. The number of benzene rings is 1. The Morgan fingerprint density at radius 2 is 1.85 bits per heavy atom. The van der Waals surface area contributed by atoms with Crippen molar-refractivity contribution >= 4 is 5.84 Å². The van der Waals surface area contributed by atoms with Crippen LogP contribution in [0.15, 0.2) is 24.3 Å². The molecule has 1 aliphatic heterocycles. The molecule has 0 spiro atoms. The zero-order valence-electron chi connectivity index (χ0n) is 11.9. The second-order valence-corrected chi connectivity index (χ2v) is 5.27. The van der Waals surface area contributed by atoms with Crippen molar-refractivity contribution in [2.45, 2.75) is 13.0 Å². The van der Waals surface area contributed by atoms with Gasteiger partial charge < -0.3 is 10.8 Å². The van der Waals surface area contributed by atoms with Gasteiger partial charge in [-0.3, -0.25) is 15.2 Å². The third kappa shape index (κ3) is 4.03. The first kappa shape index (κ1) is 15.0. The summed E-state index contributed by atoms with van der Waals surface area (Å²) in [6.07, 6.45) is 1.11. The van der Waals surface area contributed by atoms with Crippen LogP contribution in [0.5, 0.6) is 0 Å². The number of nitrogens with one attached hydrogen (secondary N) is 1. The van der Waals surface area contributed by atoms with Crippen LogP contribution in [-0.2, 0) is 6.54 Å². The molecule has 1 aromatic carbocycles. The maximum atomic E-state index is 9.02. The molecule has 5 nitrogen and oxygen atoms in total. The topological polar surface area (TPSA) is 76.6 Å². The summed E-state index contributed by atoms with van der Waals surface area (Å²) in [5.74, 6) is 0.136. The standard InChI is InChI=1S/C15H24N4O/c16-15(17)14-5-2-1-4-13(14)12-19-7-3-6-18(8-9-19)10-11-20/h1-2,4-5,20H,3,6-12H2,(H3,16,17). The minimum absolute atomic E-state index is 0.136. The van der Waals surface area contributed by atoms with E-state index in [1.54, 1.807) is 0 Å². The van der Waals surface area contributed by atoms with E-state index in [1.807, 2.05) is 24.3 Å². The highest BCUT2D eigenvalue weighted by atomic mass is 16.3. The lowest BCUT2D eigenvalue weighted by atomic mass is 10.1. The lowest BCUT2D eigenvalue weighted by molar-refractivity contribution is 0.196. The maximum absolute atomic E-state index is 9.02. The summed E-state index contributed by atoms with van der Waals surface area (Å²) >= 11 is 0. The van der Waals surface area contributed by atoms with Gasteiger partial charge in [-0.15, -0.1) is 0 Å². The first-order valence-electron chi connectivity index (χ1n) is 7.18. The van der Waals surface area contributed by atoms with Gasteiger partial charge in [0.15, 0.2) is 0 Å². The number of nitrogens with two attached hydrogens (primary N) is 1. The molecule has 0 radical (unpaired) electrons. The number of β-amino-alcohol motifs (C(OH)–C–C–N with tert-alkyl or cyclic N) is 1. The largest absolute Gasteiger partial charge is 0.395 e. The van der Waals surface area contributed by atoms with E-state index in [0.29, 0.717) is 0 Å². The summed E-state index contributed by atoms with van der Waals surface area (Å²) in [5.41, 5.74) is 7.60. The van der Waals surface area contributed by atoms with Gasteiger partial charge in [-0.05, 0) is 25.1 Å². The second kappa shape index (κ2) is 7.38. The summed E-state index contributed by atoms with van der Waals surface area (Å²) in [7, 11) is 0. The van der Waals surface area contributed by atoms with Gasteiger partial charge in [0.05, 0.1) is 6.61 Å². The predicted octanol–water partition coefficient (Wildman–Crippen LogP) is 0.471. The van der Waals surface area contributed by atoms with E-state index in [-0.39, 0.29) is 12.4 Å². The van der Waals surface area contributed by atoms with E-state index in [1.165, 1.54) is 0 Å². The van der Waals surface area contributed by atoms with E-state index in [4.69, 9.17) is 16.2 Å². The van der Waals surface area contributed by atoms with Gasteiger partial charge in [-0.2, -0.15) is 0 Å². The Morgan fingerprint density at radius 1 is 1.15 bits per heavy atom. The highest BCUT2D eigenvalue weighted by Gasteiger charge is 2.15. The van der Waals surface area contributed by atoms with Gasteiger partial charge in [0.1, 0.15) is 5.84 Å². The van der Waals surface area contributed by atoms with E-state index < -0.39 is 0 Å². The van der Waals surface area contributed by atoms with Crippen molar-refractivity contribution in [3.63, 3.8) is 0 Å². The average molecular weight is 276 g/mol. The Bertz CT molecular complexity index is 449. The number of nitrogen functional groups attached to an aromatic ring is 1. The molecular weight excluding hydrogens is 252 g/mol. The van der Waals surface area contributed by atoms with Crippen LogP contribution in [0.3, 0.4) is 0 Å². The molecule has 1 heterocycles. The first-order chi connectivity index (χ1) is 9.70. The Morgan fingerprint density at radius 3 is 2.60 bits per heavy atom. The quantitative estimate of drug-likeness (QED) is 0.540. The van der Waals surface area contributed by atoms with Crippen molar-refractivity contribution in [2.75, 3.05) is 39.3 Å². The molecule has 1 aromatic rings. The predicted molar refractivity (Wildman–Crippen MR) is 80.9 cm³/mol. The van der Waals surface area contributed by atoms with Gasteiger partial charge in [0.2, 0.25) is 0 Å². The molecule has 5 heteroatoms. The van der Waals surface area contributed by atoms with Gasteiger partial charge in [-0.1, -0.05) is 24.3 Å². The Hall–Kier alpha value is -1.43. The molecule has 0 bridgehead atoms. The summed E-state index contributed by atoms with van der Waals surface area (Å²) in [6.45, 7) is 5.91. The Labute approximate surface area is 120 Å². The van der Waals surface area contributed by atoms with Gasteiger partial charge >= 0.3 is 0 Å². The number of amidine groups is 1. The Balaban J connectivity index is 1.98. The molecule has 1 aliphatic rings. The Kier molecular flexibility index (Phi) is 5.52. The molecule has 0 saturated carbocycles. The van der Waals surface area contributed by atoms with Crippen LogP contribution in [-0.4, -0.2) is 60.1 Å². The lowest BCUT2D eigenvalue weighted by Gasteiger charge is -2.22. The summed E-state index contributed by atoms with van der Waals surface area (Å²) in [5, 5.41) is 16.7. The number of aliphatic hydroxyl groups is 1. The average Bonchev–Trinajstić information content (AvgIpc) is 2.65. The van der Waals surface area contributed by atoms with Gasteiger partial charge in [-0.25, -0.2) is 0 Å². The van der Waals surface area contributed by atoms with Crippen LogP contribution < -0.4 is 5.73 Å². The van der Waals surface area contributed by atoms with Crippen molar-refractivity contribution in [2.24, 2.45) is 5.73 Å². The molecule has 0 unspecified atom stereocenters. The van der Waals surface area contributed by atoms with Crippen molar-refractivity contribution in [1.82, 2.24) is 9.80 Å². The highest BCUT2D eigenvalue weighted by Crippen LogP contribution is 2.13. The summed E-state index contributed by atoms with van der Waals surface area (Å²) in [6, 6.07) is 7.88. The van der Waals surface area contributed by atoms with E-state index in [2.05, 4.69) is 9.80 Å². The van der Waals surface area contributed by atoms with Crippen molar-refractivity contribution in [1.29, 1.82) is 5.41 Å². The summed E-state index contributed by atoms with van der Waals surface area (Å²) in [4.78, 5) is 4.70. The molecule has 110 valence electrons. The molecule has 0 aromatic heterocycles. The minimum atomic E-state index is 0.136. The number of hydrogen-bond donors (Lipinski definition) is 3. The second-order valence-electron chi connectivity index (χ2n) is 5.27. The molecule has 4 N–H and O–H groups in total. The molecule has 0 amide bonds.